The molecule has 0 aliphatic carbocycles. The number of methoxy groups -OCH3 is 1. The van der Waals surface area contributed by atoms with E-state index in [0.29, 0.717) is 10.6 Å². The van der Waals surface area contributed by atoms with Crippen LogP contribution in [0.5, 0.6) is 0 Å². The molecule has 5 nitrogen and oxygen atoms in total. The van der Waals surface area contributed by atoms with Crippen molar-refractivity contribution in [1.29, 1.82) is 0 Å². The van der Waals surface area contributed by atoms with Gasteiger partial charge in [-0.15, -0.1) is 0 Å². The smallest absolute Gasteiger partial charge is 0.171 e. The van der Waals surface area contributed by atoms with Gasteiger partial charge in [-0.2, -0.15) is 0 Å². The quantitative estimate of drug-likeness (QED) is 0.389. The number of nitrogens with zero attached hydrogens (tertiary/aromatic N) is 2. The molecule has 6 heteroatoms. The summed E-state index contributed by atoms with van der Waals surface area (Å²) in [6.45, 7) is 3.91. The van der Waals surface area contributed by atoms with Crippen LogP contribution in [0.2, 0.25) is 5.02 Å². The van der Waals surface area contributed by atoms with Crippen molar-refractivity contribution in [1.82, 2.24) is 0 Å². The minimum Gasteiger partial charge on any atom is -0.409 e. The Kier molecular flexibility index (Phi) is 4.40. The first-order valence-electron chi connectivity index (χ1n) is 6.56. The number of oxime groups is 1. The number of piperidine rings is 1. The molecule has 2 rings (SSSR count). The van der Waals surface area contributed by atoms with Gasteiger partial charge in [0.05, 0.1) is 10.6 Å². The highest BCUT2D eigenvalue weighted by atomic mass is 35.5. The third-order valence-electron chi connectivity index (χ3n) is 3.85. The molecule has 0 spiro atoms. The molecule has 1 unspecified atom stereocenters. The lowest BCUT2D eigenvalue weighted by atomic mass is 9.94. The number of amidine groups is 1. The lowest BCUT2D eigenvalue weighted by Crippen LogP contribution is -2.47. The molecule has 1 aliphatic heterocycles. The van der Waals surface area contributed by atoms with Crippen molar-refractivity contribution in [3.8, 4) is 0 Å². The van der Waals surface area contributed by atoms with Gasteiger partial charge in [-0.1, -0.05) is 16.8 Å². The molecular weight excluding hydrogens is 278 g/mol. The zero-order valence-electron chi connectivity index (χ0n) is 11.8. The van der Waals surface area contributed by atoms with E-state index in [9.17, 15) is 0 Å². The highest BCUT2D eigenvalue weighted by molar-refractivity contribution is 6.34. The second-order valence-corrected chi connectivity index (χ2v) is 5.74. The number of hydrogen-bond donors (Lipinski definition) is 2. The van der Waals surface area contributed by atoms with Crippen LogP contribution in [0, 0.1) is 0 Å². The van der Waals surface area contributed by atoms with Gasteiger partial charge >= 0.3 is 0 Å². The van der Waals surface area contributed by atoms with E-state index in [1.165, 1.54) is 0 Å². The normalized spacial score (nSPS) is 23.9. The van der Waals surface area contributed by atoms with Crippen molar-refractivity contribution in [2.24, 2.45) is 10.9 Å². The molecule has 1 aromatic rings. The number of nitrogens with two attached hydrogens (primary N) is 1. The monoisotopic (exact) mass is 297 g/mol. The number of anilines is 1. The molecule has 0 aromatic heterocycles. The molecule has 1 aromatic carbocycles. The molecule has 0 amide bonds. The average molecular weight is 298 g/mol. The highest BCUT2D eigenvalue weighted by Gasteiger charge is 2.31. The first kappa shape index (κ1) is 14.9. The van der Waals surface area contributed by atoms with Gasteiger partial charge in [0, 0.05) is 31.5 Å². The molecule has 1 atom stereocenters. The molecule has 20 heavy (non-hydrogen) atoms. The van der Waals surface area contributed by atoms with E-state index in [1.807, 2.05) is 12.1 Å². The zero-order valence-corrected chi connectivity index (χ0v) is 12.5. The Morgan fingerprint density at radius 1 is 1.55 bits per heavy atom. The fraction of sp³-hybridized carbons (Fsp3) is 0.500. The summed E-state index contributed by atoms with van der Waals surface area (Å²) in [5, 5.41) is 12.2. The minimum atomic E-state index is -0.130. The molecule has 1 saturated heterocycles. The van der Waals surface area contributed by atoms with E-state index in [1.54, 1.807) is 13.2 Å². The summed E-state index contributed by atoms with van der Waals surface area (Å²) in [6, 6.07) is 5.54. The molecule has 1 fully saturated rings. The Hall–Kier alpha value is -1.46. The molecular formula is C14H20ClN3O2. The topological polar surface area (TPSA) is 71.1 Å². The fourth-order valence-electron chi connectivity index (χ4n) is 2.56. The SMILES string of the molecule is COC1(C)CCCN(c2ccc(/C(N)=N/O)c(Cl)c2)C1. The van der Waals surface area contributed by atoms with E-state index in [-0.39, 0.29) is 11.4 Å². The third kappa shape index (κ3) is 2.99. The van der Waals surface area contributed by atoms with Crippen LogP contribution < -0.4 is 10.6 Å². The molecule has 110 valence electrons. The zero-order chi connectivity index (χ0) is 14.8. The van der Waals surface area contributed by atoms with Crippen LogP contribution in [-0.2, 0) is 4.74 Å². The summed E-state index contributed by atoms with van der Waals surface area (Å²) in [7, 11) is 1.75. The molecule has 0 radical (unpaired) electrons. The van der Waals surface area contributed by atoms with Crippen molar-refractivity contribution in [3.05, 3.63) is 28.8 Å². The number of benzene rings is 1. The molecule has 0 bridgehead atoms. The summed E-state index contributed by atoms with van der Waals surface area (Å²) < 4.78 is 5.59. The number of hydrogen-bond acceptors (Lipinski definition) is 4. The Morgan fingerprint density at radius 3 is 2.90 bits per heavy atom. The van der Waals surface area contributed by atoms with Crippen molar-refractivity contribution in [2.45, 2.75) is 25.4 Å². The van der Waals surface area contributed by atoms with Gasteiger partial charge in [0.2, 0.25) is 0 Å². The van der Waals surface area contributed by atoms with E-state index < -0.39 is 0 Å². The van der Waals surface area contributed by atoms with Crippen LogP contribution in [0.1, 0.15) is 25.3 Å². The Morgan fingerprint density at radius 2 is 2.30 bits per heavy atom. The first-order valence-corrected chi connectivity index (χ1v) is 6.94. The van der Waals surface area contributed by atoms with Crippen molar-refractivity contribution < 1.29 is 9.94 Å². The summed E-state index contributed by atoms with van der Waals surface area (Å²) in [5.74, 6) is 0.0157. The largest absolute Gasteiger partial charge is 0.409 e. The van der Waals surface area contributed by atoms with Crippen molar-refractivity contribution >= 4 is 23.1 Å². The Balaban J connectivity index is 2.24. The van der Waals surface area contributed by atoms with Crippen LogP contribution in [0.4, 0.5) is 5.69 Å². The van der Waals surface area contributed by atoms with E-state index >= 15 is 0 Å². The predicted octanol–water partition coefficient (Wildman–Crippen LogP) is 2.44. The second-order valence-electron chi connectivity index (χ2n) is 5.33. The second kappa shape index (κ2) is 5.89. The summed E-state index contributed by atoms with van der Waals surface area (Å²) in [4.78, 5) is 2.24. The van der Waals surface area contributed by atoms with E-state index in [2.05, 4.69) is 17.0 Å². The van der Waals surface area contributed by atoms with Gasteiger partial charge < -0.3 is 20.6 Å². The summed E-state index contributed by atoms with van der Waals surface area (Å²) in [6.07, 6.45) is 2.12. The first-order chi connectivity index (χ1) is 9.49. The van der Waals surface area contributed by atoms with Gasteiger partial charge in [0.1, 0.15) is 0 Å². The number of halogens is 1. The van der Waals surface area contributed by atoms with Crippen LogP contribution in [0.25, 0.3) is 0 Å². The lowest BCUT2D eigenvalue weighted by Gasteiger charge is -2.40. The summed E-state index contributed by atoms with van der Waals surface area (Å²) in [5.41, 5.74) is 6.99. The Labute approximate surface area is 124 Å². The van der Waals surface area contributed by atoms with Crippen molar-refractivity contribution in [3.63, 3.8) is 0 Å². The summed E-state index contributed by atoms with van der Waals surface area (Å²) >= 11 is 6.20. The Bertz CT molecular complexity index is 521. The standard InChI is InChI=1S/C14H20ClN3O2/c1-14(20-2)6-3-7-18(9-14)10-4-5-11(12(15)8-10)13(16)17-19/h4-5,8,19H,3,6-7,9H2,1-2H3,(H2,16,17). The third-order valence-corrected chi connectivity index (χ3v) is 4.17. The highest BCUT2D eigenvalue weighted by Crippen LogP contribution is 2.30. The number of rotatable bonds is 3. The van der Waals surface area contributed by atoms with Crippen LogP contribution in [0.3, 0.4) is 0 Å². The van der Waals surface area contributed by atoms with E-state index in [0.717, 1.165) is 31.6 Å². The molecule has 0 saturated carbocycles. The number of ether oxygens (including phenoxy) is 1. The molecule has 3 N–H and O–H groups in total. The average Bonchev–Trinajstić information content (AvgIpc) is 2.46. The van der Waals surface area contributed by atoms with Gasteiger partial charge in [0.25, 0.3) is 0 Å². The van der Waals surface area contributed by atoms with Gasteiger partial charge in [0.15, 0.2) is 5.84 Å². The maximum Gasteiger partial charge on any atom is 0.171 e. The van der Waals surface area contributed by atoms with Gasteiger partial charge in [-0.05, 0) is 38.0 Å². The molecule has 1 heterocycles. The molecule has 1 aliphatic rings. The van der Waals surface area contributed by atoms with Crippen LogP contribution >= 0.6 is 11.6 Å². The van der Waals surface area contributed by atoms with Crippen molar-refractivity contribution in [2.75, 3.05) is 25.1 Å². The predicted molar refractivity (Wildman–Crippen MR) is 80.8 cm³/mol. The van der Waals surface area contributed by atoms with E-state index in [4.69, 9.17) is 27.3 Å². The van der Waals surface area contributed by atoms with Crippen LogP contribution in [-0.4, -0.2) is 36.8 Å². The van der Waals surface area contributed by atoms with Crippen LogP contribution in [0.15, 0.2) is 23.4 Å². The van der Waals surface area contributed by atoms with Gasteiger partial charge in [-0.3, -0.25) is 0 Å². The maximum absolute atomic E-state index is 8.71. The van der Waals surface area contributed by atoms with Gasteiger partial charge in [-0.25, -0.2) is 0 Å². The fourth-order valence-corrected chi connectivity index (χ4v) is 2.83. The minimum absolute atomic E-state index is 0.0157. The lowest BCUT2D eigenvalue weighted by molar-refractivity contribution is -0.00465. The maximum atomic E-state index is 8.71.